The summed E-state index contributed by atoms with van der Waals surface area (Å²) in [6.45, 7) is 4.37. The van der Waals surface area contributed by atoms with E-state index in [1.165, 1.54) is 5.69 Å². The molecule has 1 saturated heterocycles. The molecule has 2 aromatic heterocycles. The Balaban J connectivity index is 1.58. The molecular formula is C16H18N6. The Morgan fingerprint density at radius 1 is 1.00 bits per heavy atom. The van der Waals surface area contributed by atoms with Gasteiger partial charge in [-0.2, -0.15) is 0 Å². The highest BCUT2D eigenvalue weighted by Gasteiger charge is 2.14. The van der Waals surface area contributed by atoms with E-state index in [1.54, 1.807) is 12.5 Å². The van der Waals surface area contributed by atoms with Crippen molar-refractivity contribution < 1.29 is 0 Å². The maximum Gasteiger partial charge on any atom is 0.181 e. The standard InChI is InChI=1S/C16H18N6/c1-21-6-8-22(9-7-21)13-4-2-12(3-5-13)15-17-10-14-16(20-15)19-11-18-14/h2-5,10-11H,6-9H2,1H3,(H,17,18,19,20). The van der Waals surface area contributed by atoms with Crippen molar-refractivity contribution in [1.29, 1.82) is 0 Å². The monoisotopic (exact) mass is 294 g/mol. The van der Waals surface area contributed by atoms with Gasteiger partial charge in [0.25, 0.3) is 0 Å². The molecule has 0 atom stereocenters. The minimum atomic E-state index is 0.702. The molecule has 0 aliphatic carbocycles. The van der Waals surface area contributed by atoms with Crippen LogP contribution in [-0.4, -0.2) is 58.1 Å². The zero-order chi connectivity index (χ0) is 14.9. The SMILES string of the molecule is CN1CCN(c2ccc(-c3ncc4[nH]cnc4n3)cc2)CC1. The fraction of sp³-hybridized carbons (Fsp3) is 0.312. The molecular weight excluding hydrogens is 276 g/mol. The van der Waals surface area contributed by atoms with Crippen molar-refractivity contribution in [3.05, 3.63) is 36.8 Å². The zero-order valence-electron chi connectivity index (χ0n) is 12.5. The van der Waals surface area contributed by atoms with Gasteiger partial charge in [0.05, 0.1) is 12.5 Å². The largest absolute Gasteiger partial charge is 0.369 e. The van der Waals surface area contributed by atoms with Gasteiger partial charge in [-0.3, -0.25) is 0 Å². The third kappa shape index (κ3) is 2.42. The number of nitrogens with zero attached hydrogens (tertiary/aromatic N) is 5. The lowest BCUT2D eigenvalue weighted by atomic mass is 10.1. The Kier molecular flexibility index (Phi) is 3.23. The van der Waals surface area contributed by atoms with Crippen LogP contribution in [0.4, 0.5) is 5.69 Å². The molecule has 3 aromatic rings. The number of hydrogen-bond donors (Lipinski definition) is 1. The van der Waals surface area contributed by atoms with Crippen molar-refractivity contribution in [3.8, 4) is 11.4 Å². The van der Waals surface area contributed by atoms with E-state index in [1.807, 2.05) is 0 Å². The smallest absolute Gasteiger partial charge is 0.181 e. The lowest BCUT2D eigenvalue weighted by molar-refractivity contribution is 0.313. The van der Waals surface area contributed by atoms with Gasteiger partial charge in [-0.25, -0.2) is 15.0 Å². The van der Waals surface area contributed by atoms with Crippen molar-refractivity contribution >= 4 is 16.9 Å². The summed E-state index contributed by atoms with van der Waals surface area (Å²) in [6, 6.07) is 8.47. The van der Waals surface area contributed by atoms with Gasteiger partial charge >= 0.3 is 0 Å². The molecule has 0 bridgehead atoms. The second kappa shape index (κ2) is 5.38. The molecule has 1 aliphatic rings. The van der Waals surface area contributed by atoms with Crippen molar-refractivity contribution in [2.45, 2.75) is 0 Å². The number of anilines is 1. The summed E-state index contributed by atoms with van der Waals surface area (Å²) in [7, 11) is 2.17. The first kappa shape index (κ1) is 13.2. The first-order valence-corrected chi connectivity index (χ1v) is 7.50. The molecule has 1 aromatic carbocycles. The normalized spacial score (nSPS) is 16.3. The average molecular weight is 294 g/mol. The van der Waals surface area contributed by atoms with Crippen LogP contribution in [-0.2, 0) is 0 Å². The molecule has 3 heterocycles. The molecule has 22 heavy (non-hydrogen) atoms. The summed E-state index contributed by atoms with van der Waals surface area (Å²) >= 11 is 0. The lowest BCUT2D eigenvalue weighted by Crippen LogP contribution is -2.44. The first-order valence-electron chi connectivity index (χ1n) is 7.50. The van der Waals surface area contributed by atoms with Crippen LogP contribution in [0.5, 0.6) is 0 Å². The summed E-state index contributed by atoms with van der Waals surface area (Å²) in [5, 5.41) is 0. The molecule has 0 radical (unpaired) electrons. The number of nitrogens with one attached hydrogen (secondary N) is 1. The Labute approximate surface area is 128 Å². The molecule has 0 spiro atoms. The number of benzene rings is 1. The summed E-state index contributed by atoms with van der Waals surface area (Å²) in [6.07, 6.45) is 3.42. The Hall–Kier alpha value is -2.47. The van der Waals surface area contributed by atoms with Gasteiger partial charge in [-0.15, -0.1) is 0 Å². The van der Waals surface area contributed by atoms with Crippen molar-refractivity contribution in [1.82, 2.24) is 24.8 Å². The van der Waals surface area contributed by atoms with E-state index in [2.05, 4.69) is 61.0 Å². The average Bonchev–Trinajstić information content (AvgIpc) is 3.03. The number of aromatic nitrogens is 4. The molecule has 0 saturated carbocycles. The van der Waals surface area contributed by atoms with Gasteiger partial charge in [0.2, 0.25) is 0 Å². The van der Waals surface area contributed by atoms with Gasteiger partial charge in [-0.05, 0) is 31.3 Å². The molecule has 4 rings (SSSR count). The van der Waals surface area contributed by atoms with Crippen molar-refractivity contribution in [2.75, 3.05) is 38.1 Å². The maximum absolute atomic E-state index is 4.48. The molecule has 6 heteroatoms. The molecule has 112 valence electrons. The third-order valence-corrected chi connectivity index (χ3v) is 4.17. The summed E-state index contributed by atoms with van der Waals surface area (Å²) < 4.78 is 0. The van der Waals surface area contributed by atoms with Gasteiger partial charge in [0.1, 0.15) is 5.52 Å². The van der Waals surface area contributed by atoms with E-state index in [9.17, 15) is 0 Å². The summed E-state index contributed by atoms with van der Waals surface area (Å²) in [5.74, 6) is 0.713. The maximum atomic E-state index is 4.48. The van der Waals surface area contributed by atoms with Gasteiger partial charge < -0.3 is 14.8 Å². The van der Waals surface area contributed by atoms with Crippen LogP contribution < -0.4 is 4.90 Å². The van der Waals surface area contributed by atoms with Gasteiger partial charge in [0, 0.05) is 37.4 Å². The number of aromatic amines is 1. The number of imidazole rings is 1. The van der Waals surface area contributed by atoms with E-state index in [0.29, 0.717) is 11.5 Å². The topological polar surface area (TPSA) is 60.9 Å². The molecule has 1 aliphatic heterocycles. The van der Waals surface area contributed by atoms with Crippen LogP contribution in [0.1, 0.15) is 0 Å². The molecule has 0 amide bonds. The number of hydrogen-bond acceptors (Lipinski definition) is 5. The predicted molar refractivity (Wildman–Crippen MR) is 86.8 cm³/mol. The molecule has 0 unspecified atom stereocenters. The quantitative estimate of drug-likeness (QED) is 0.780. The Morgan fingerprint density at radius 3 is 2.55 bits per heavy atom. The minimum Gasteiger partial charge on any atom is -0.369 e. The first-order chi connectivity index (χ1) is 10.8. The van der Waals surface area contributed by atoms with Crippen molar-refractivity contribution in [3.63, 3.8) is 0 Å². The van der Waals surface area contributed by atoms with Gasteiger partial charge in [-0.1, -0.05) is 0 Å². The molecule has 1 fully saturated rings. The number of H-pyrrole nitrogens is 1. The van der Waals surface area contributed by atoms with Gasteiger partial charge in [0.15, 0.2) is 11.5 Å². The zero-order valence-corrected chi connectivity index (χ0v) is 12.5. The van der Waals surface area contributed by atoms with E-state index in [-0.39, 0.29) is 0 Å². The van der Waals surface area contributed by atoms with Crippen LogP contribution in [0.25, 0.3) is 22.6 Å². The van der Waals surface area contributed by atoms with Crippen LogP contribution in [0.2, 0.25) is 0 Å². The van der Waals surface area contributed by atoms with Crippen molar-refractivity contribution in [2.24, 2.45) is 0 Å². The van der Waals surface area contributed by atoms with Crippen LogP contribution in [0, 0.1) is 0 Å². The molecule has 6 nitrogen and oxygen atoms in total. The lowest BCUT2D eigenvalue weighted by Gasteiger charge is -2.34. The Bertz CT molecular complexity index is 771. The number of likely N-dealkylation sites (N-methyl/N-ethyl adjacent to an activating group) is 1. The minimum absolute atomic E-state index is 0.702. The number of rotatable bonds is 2. The van der Waals surface area contributed by atoms with E-state index in [0.717, 1.165) is 37.3 Å². The highest BCUT2D eigenvalue weighted by Crippen LogP contribution is 2.22. The summed E-state index contributed by atoms with van der Waals surface area (Å²) in [4.78, 5) is 20.9. The second-order valence-electron chi connectivity index (χ2n) is 5.67. The summed E-state index contributed by atoms with van der Waals surface area (Å²) in [5.41, 5.74) is 3.84. The fourth-order valence-electron chi connectivity index (χ4n) is 2.76. The van der Waals surface area contributed by atoms with Crippen LogP contribution in [0.15, 0.2) is 36.8 Å². The Morgan fingerprint density at radius 2 is 1.77 bits per heavy atom. The highest BCUT2D eigenvalue weighted by atomic mass is 15.2. The van der Waals surface area contributed by atoms with E-state index < -0.39 is 0 Å². The van der Waals surface area contributed by atoms with E-state index in [4.69, 9.17) is 0 Å². The third-order valence-electron chi connectivity index (χ3n) is 4.17. The number of fused-ring (bicyclic) bond motifs is 1. The highest BCUT2D eigenvalue weighted by molar-refractivity contribution is 5.72. The number of piperazine rings is 1. The second-order valence-corrected chi connectivity index (χ2v) is 5.67. The van der Waals surface area contributed by atoms with E-state index >= 15 is 0 Å². The predicted octanol–water partition coefficient (Wildman–Crippen LogP) is 1.77. The van der Waals surface area contributed by atoms with Crippen LogP contribution in [0.3, 0.4) is 0 Å². The molecule has 1 N–H and O–H groups in total. The fourth-order valence-corrected chi connectivity index (χ4v) is 2.76. The van der Waals surface area contributed by atoms with Crippen LogP contribution >= 0.6 is 0 Å².